The van der Waals surface area contributed by atoms with Gasteiger partial charge in [0, 0.05) is 5.56 Å². The Hall–Kier alpha value is -2.31. The molecule has 2 aromatic carbocycles. The van der Waals surface area contributed by atoms with E-state index in [2.05, 4.69) is 0 Å². The third kappa shape index (κ3) is 2.00. The van der Waals surface area contributed by atoms with Gasteiger partial charge in [-0.1, -0.05) is 36.4 Å². The van der Waals surface area contributed by atoms with Crippen LogP contribution in [0, 0.1) is 0 Å². The third-order valence-electron chi connectivity index (χ3n) is 3.84. The lowest BCUT2D eigenvalue weighted by atomic mass is 9.77. The summed E-state index contributed by atoms with van der Waals surface area (Å²) in [7, 11) is 1.64. The molecule has 0 radical (unpaired) electrons. The number of ether oxygens (including phenoxy) is 2. The molecule has 0 aliphatic carbocycles. The Morgan fingerprint density at radius 1 is 1.18 bits per heavy atom. The van der Waals surface area contributed by atoms with E-state index in [9.17, 15) is 9.82 Å². The fourth-order valence-electron chi connectivity index (χ4n) is 2.81. The van der Waals surface area contributed by atoms with Crippen molar-refractivity contribution in [3.05, 3.63) is 59.7 Å². The Kier molecular flexibility index (Phi) is 3.64. The lowest BCUT2D eigenvalue weighted by Gasteiger charge is -2.28. The summed E-state index contributed by atoms with van der Waals surface area (Å²) in [5.74, 6) is -0.00648. The minimum absolute atomic E-state index is 0.544. The van der Waals surface area contributed by atoms with Gasteiger partial charge in [0.1, 0.15) is 5.75 Å². The van der Waals surface area contributed by atoms with Crippen molar-refractivity contribution in [1.82, 2.24) is 0 Å². The minimum Gasteiger partial charge on any atom is -0.497 e. The van der Waals surface area contributed by atoms with E-state index >= 15 is 0 Å². The molecule has 1 aliphatic rings. The van der Waals surface area contributed by atoms with Crippen LogP contribution in [0.4, 0.5) is 0 Å². The molecular formula is C16H15BO5. The minimum atomic E-state index is -1.50. The largest absolute Gasteiger partial charge is 0.497 e. The molecule has 22 heavy (non-hydrogen) atoms. The van der Waals surface area contributed by atoms with Crippen molar-refractivity contribution >= 4 is 18.6 Å². The van der Waals surface area contributed by atoms with Crippen LogP contribution >= 0.6 is 0 Å². The summed E-state index contributed by atoms with van der Waals surface area (Å²) in [6, 6.07) is 14.0. The number of fused-ring (bicyclic) bond motifs is 1. The number of carbonyl (C=O) groups is 1. The fourth-order valence-corrected chi connectivity index (χ4v) is 2.81. The Morgan fingerprint density at radius 2 is 1.95 bits per heavy atom. The number of carbonyl (C=O) groups excluding carboxylic acids is 1. The Morgan fingerprint density at radius 3 is 2.68 bits per heavy atom. The zero-order valence-corrected chi connectivity index (χ0v) is 12.3. The molecule has 1 atom stereocenters. The van der Waals surface area contributed by atoms with Crippen LogP contribution in [0.15, 0.2) is 48.5 Å². The molecule has 0 amide bonds. The number of esters is 1. The second kappa shape index (κ2) is 5.48. The standard InChI is InChI=1S/C16H15BO5/c1-20-12-7-5-6-11(10-12)16(15(18)21-2)13-8-3-4-9-14(13)17(19)22-16/h3-10,19H,1-2H3. The highest BCUT2D eigenvalue weighted by molar-refractivity contribution is 6.62. The molecule has 1 unspecified atom stereocenters. The molecule has 0 bridgehead atoms. The molecule has 5 nitrogen and oxygen atoms in total. The summed E-state index contributed by atoms with van der Waals surface area (Å²) in [5.41, 5.74) is 0.167. The fraction of sp³-hybridized carbons (Fsp3) is 0.188. The zero-order chi connectivity index (χ0) is 15.7. The average molecular weight is 298 g/mol. The molecule has 0 fully saturated rings. The second-order valence-corrected chi connectivity index (χ2v) is 4.96. The van der Waals surface area contributed by atoms with E-state index in [0.717, 1.165) is 0 Å². The maximum Gasteiger partial charge on any atom is 0.492 e. The van der Waals surface area contributed by atoms with Crippen LogP contribution in [-0.2, 0) is 19.8 Å². The molecule has 112 valence electrons. The molecule has 0 saturated heterocycles. The lowest BCUT2D eigenvalue weighted by molar-refractivity contribution is -0.156. The molecule has 1 N–H and O–H groups in total. The van der Waals surface area contributed by atoms with Gasteiger partial charge in [-0.3, -0.25) is 0 Å². The molecule has 3 rings (SSSR count). The van der Waals surface area contributed by atoms with Crippen molar-refractivity contribution in [2.45, 2.75) is 5.60 Å². The van der Waals surface area contributed by atoms with Crippen LogP contribution in [0.25, 0.3) is 0 Å². The third-order valence-corrected chi connectivity index (χ3v) is 3.84. The van der Waals surface area contributed by atoms with E-state index < -0.39 is 18.7 Å². The molecule has 0 spiro atoms. The van der Waals surface area contributed by atoms with Crippen molar-refractivity contribution < 1.29 is 23.9 Å². The van der Waals surface area contributed by atoms with Crippen molar-refractivity contribution in [3.8, 4) is 5.75 Å². The van der Waals surface area contributed by atoms with Crippen LogP contribution in [-0.4, -0.2) is 32.3 Å². The Balaban J connectivity index is 2.26. The molecule has 6 heteroatoms. The van der Waals surface area contributed by atoms with Gasteiger partial charge >= 0.3 is 13.1 Å². The van der Waals surface area contributed by atoms with Crippen LogP contribution < -0.4 is 10.2 Å². The van der Waals surface area contributed by atoms with E-state index in [1.807, 2.05) is 0 Å². The van der Waals surface area contributed by atoms with Gasteiger partial charge in [-0.05, 0) is 23.2 Å². The average Bonchev–Trinajstić information content (AvgIpc) is 2.88. The van der Waals surface area contributed by atoms with Crippen molar-refractivity contribution in [1.29, 1.82) is 0 Å². The first-order valence-electron chi connectivity index (χ1n) is 6.81. The van der Waals surface area contributed by atoms with Crippen LogP contribution in [0.2, 0.25) is 0 Å². The number of methoxy groups -OCH3 is 2. The normalized spacial score (nSPS) is 19.7. The van der Waals surface area contributed by atoms with E-state index in [-0.39, 0.29) is 0 Å². The Bertz CT molecular complexity index is 717. The summed E-state index contributed by atoms with van der Waals surface area (Å²) < 4.78 is 15.9. The smallest absolute Gasteiger partial charge is 0.492 e. The van der Waals surface area contributed by atoms with E-state index in [0.29, 0.717) is 22.3 Å². The van der Waals surface area contributed by atoms with Gasteiger partial charge in [0.25, 0.3) is 0 Å². The predicted octanol–water partition coefficient (Wildman–Crippen LogP) is 0.829. The van der Waals surface area contributed by atoms with Crippen LogP contribution in [0.3, 0.4) is 0 Å². The number of benzene rings is 2. The highest BCUT2D eigenvalue weighted by Crippen LogP contribution is 2.39. The second-order valence-electron chi connectivity index (χ2n) is 4.96. The van der Waals surface area contributed by atoms with Gasteiger partial charge < -0.3 is 19.2 Å². The monoisotopic (exact) mass is 298 g/mol. The van der Waals surface area contributed by atoms with E-state index in [4.69, 9.17) is 14.1 Å². The molecule has 1 heterocycles. The quantitative estimate of drug-likeness (QED) is 0.671. The highest BCUT2D eigenvalue weighted by Gasteiger charge is 2.54. The van der Waals surface area contributed by atoms with Gasteiger partial charge in [0.05, 0.1) is 14.2 Å². The maximum atomic E-state index is 12.5. The van der Waals surface area contributed by atoms with Crippen LogP contribution in [0.5, 0.6) is 5.75 Å². The molecule has 2 aromatic rings. The predicted molar refractivity (Wildman–Crippen MR) is 80.9 cm³/mol. The number of rotatable bonds is 3. The number of hydrogen-bond acceptors (Lipinski definition) is 5. The van der Waals surface area contributed by atoms with Gasteiger partial charge in [0.2, 0.25) is 5.60 Å². The van der Waals surface area contributed by atoms with Gasteiger partial charge in [0.15, 0.2) is 0 Å². The van der Waals surface area contributed by atoms with Gasteiger partial charge in [-0.15, -0.1) is 0 Å². The van der Waals surface area contributed by atoms with Crippen molar-refractivity contribution in [2.75, 3.05) is 14.2 Å². The summed E-state index contributed by atoms with van der Waals surface area (Å²) in [5, 5.41) is 10.2. The highest BCUT2D eigenvalue weighted by atomic mass is 16.6. The topological polar surface area (TPSA) is 65.0 Å². The van der Waals surface area contributed by atoms with E-state index in [1.165, 1.54) is 7.11 Å². The summed E-state index contributed by atoms with van der Waals surface area (Å²) in [4.78, 5) is 12.5. The Labute approximate surface area is 128 Å². The summed E-state index contributed by atoms with van der Waals surface area (Å²) in [6.45, 7) is 0. The summed E-state index contributed by atoms with van der Waals surface area (Å²) >= 11 is 0. The van der Waals surface area contributed by atoms with E-state index in [1.54, 1.807) is 55.6 Å². The first-order chi connectivity index (χ1) is 10.6. The van der Waals surface area contributed by atoms with Gasteiger partial charge in [-0.2, -0.15) is 0 Å². The number of hydrogen-bond donors (Lipinski definition) is 1. The summed E-state index contributed by atoms with van der Waals surface area (Å²) in [6.07, 6.45) is 0. The van der Waals surface area contributed by atoms with Crippen molar-refractivity contribution in [3.63, 3.8) is 0 Å². The lowest BCUT2D eigenvalue weighted by Crippen LogP contribution is -2.39. The first kappa shape index (κ1) is 14.6. The molecule has 0 saturated carbocycles. The SMILES string of the molecule is COC(=O)C1(c2cccc(OC)c2)OB(O)c2ccccc21. The van der Waals surface area contributed by atoms with Crippen LogP contribution in [0.1, 0.15) is 11.1 Å². The maximum absolute atomic E-state index is 12.5. The zero-order valence-electron chi connectivity index (χ0n) is 12.3. The molecule has 1 aliphatic heterocycles. The molecular weight excluding hydrogens is 283 g/mol. The first-order valence-corrected chi connectivity index (χ1v) is 6.81. The van der Waals surface area contributed by atoms with Gasteiger partial charge in [-0.25, -0.2) is 4.79 Å². The van der Waals surface area contributed by atoms with Crippen molar-refractivity contribution in [2.24, 2.45) is 0 Å². The molecule has 0 aromatic heterocycles.